The van der Waals surface area contributed by atoms with Crippen LogP contribution in [0.1, 0.15) is 26.7 Å². The standard InChI is InChI=1S/C14H22N4O2/c1-14(2,10-19)9-17-12(20)11-5-3-8-18(11)13-15-6-4-7-16-13/h4,6-7,11,19H,3,5,8-10H2,1-2H3,(H,17,20). The summed E-state index contributed by atoms with van der Waals surface area (Å²) < 4.78 is 0. The van der Waals surface area contributed by atoms with Crippen molar-refractivity contribution in [3.8, 4) is 0 Å². The van der Waals surface area contributed by atoms with Gasteiger partial charge in [0.05, 0.1) is 0 Å². The number of aliphatic hydroxyl groups excluding tert-OH is 1. The second-order valence-corrected chi connectivity index (χ2v) is 5.94. The number of anilines is 1. The van der Waals surface area contributed by atoms with Gasteiger partial charge in [-0.3, -0.25) is 4.79 Å². The lowest BCUT2D eigenvalue weighted by Gasteiger charge is -2.26. The highest BCUT2D eigenvalue weighted by atomic mass is 16.3. The summed E-state index contributed by atoms with van der Waals surface area (Å²) in [5, 5.41) is 12.1. The molecule has 1 aromatic rings. The second-order valence-electron chi connectivity index (χ2n) is 5.94. The number of aromatic nitrogens is 2. The Balaban J connectivity index is 1.99. The minimum atomic E-state index is -0.303. The van der Waals surface area contributed by atoms with Gasteiger partial charge >= 0.3 is 0 Å². The molecule has 2 rings (SSSR count). The van der Waals surface area contributed by atoms with Gasteiger partial charge in [0.25, 0.3) is 0 Å². The van der Waals surface area contributed by atoms with Crippen molar-refractivity contribution in [1.29, 1.82) is 0 Å². The largest absolute Gasteiger partial charge is 0.396 e. The predicted molar refractivity (Wildman–Crippen MR) is 76.3 cm³/mol. The van der Waals surface area contributed by atoms with E-state index in [0.29, 0.717) is 12.5 Å². The van der Waals surface area contributed by atoms with E-state index < -0.39 is 0 Å². The quantitative estimate of drug-likeness (QED) is 0.824. The first-order valence-electron chi connectivity index (χ1n) is 6.96. The van der Waals surface area contributed by atoms with Gasteiger partial charge in [-0.1, -0.05) is 13.8 Å². The van der Waals surface area contributed by atoms with Crippen molar-refractivity contribution in [2.24, 2.45) is 5.41 Å². The number of hydrogen-bond donors (Lipinski definition) is 2. The summed E-state index contributed by atoms with van der Waals surface area (Å²) in [7, 11) is 0. The van der Waals surface area contributed by atoms with Gasteiger partial charge in [-0.05, 0) is 18.9 Å². The highest BCUT2D eigenvalue weighted by Crippen LogP contribution is 2.22. The van der Waals surface area contributed by atoms with Crippen molar-refractivity contribution < 1.29 is 9.90 Å². The van der Waals surface area contributed by atoms with Crippen molar-refractivity contribution in [1.82, 2.24) is 15.3 Å². The predicted octanol–water partition coefficient (Wildman–Crippen LogP) is 0.580. The first-order valence-corrected chi connectivity index (χ1v) is 6.96. The number of rotatable bonds is 5. The number of nitrogens with one attached hydrogen (secondary N) is 1. The lowest BCUT2D eigenvalue weighted by molar-refractivity contribution is -0.122. The SMILES string of the molecule is CC(C)(CO)CNC(=O)C1CCCN1c1ncccn1. The lowest BCUT2D eigenvalue weighted by atomic mass is 9.95. The molecule has 0 aromatic carbocycles. The summed E-state index contributed by atoms with van der Waals surface area (Å²) >= 11 is 0. The second kappa shape index (κ2) is 6.17. The maximum atomic E-state index is 12.3. The average Bonchev–Trinajstić information content (AvgIpc) is 2.95. The van der Waals surface area contributed by atoms with Crippen LogP contribution in [0.3, 0.4) is 0 Å². The summed E-state index contributed by atoms with van der Waals surface area (Å²) in [5.41, 5.74) is -0.303. The van der Waals surface area contributed by atoms with Crippen LogP contribution in [0.4, 0.5) is 5.95 Å². The molecular formula is C14H22N4O2. The van der Waals surface area contributed by atoms with E-state index in [1.165, 1.54) is 0 Å². The zero-order chi connectivity index (χ0) is 14.6. The van der Waals surface area contributed by atoms with Crippen LogP contribution >= 0.6 is 0 Å². The van der Waals surface area contributed by atoms with Crippen LogP contribution in [0.25, 0.3) is 0 Å². The number of aliphatic hydroxyl groups is 1. The number of carbonyl (C=O) groups is 1. The van der Waals surface area contributed by atoms with Crippen molar-refractivity contribution in [2.45, 2.75) is 32.7 Å². The Labute approximate surface area is 119 Å². The fourth-order valence-corrected chi connectivity index (χ4v) is 2.22. The topological polar surface area (TPSA) is 78.4 Å². The normalized spacial score (nSPS) is 19.1. The number of amides is 1. The van der Waals surface area contributed by atoms with Gasteiger partial charge < -0.3 is 15.3 Å². The van der Waals surface area contributed by atoms with Crippen molar-refractivity contribution in [3.63, 3.8) is 0 Å². The number of carbonyl (C=O) groups excluding carboxylic acids is 1. The number of nitrogens with zero attached hydrogens (tertiary/aromatic N) is 3. The first kappa shape index (κ1) is 14.7. The molecule has 1 aliphatic rings. The van der Waals surface area contributed by atoms with E-state index in [1.54, 1.807) is 18.5 Å². The van der Waals surface area contributed by atoms with Crippen molar-refractivity contribution >= 4 is 11.9 Å². The molecule has 0 saturated carbocycles. The molecule has 1 fully saturated rings. The van der Waals surface area contributed by atoms with Gasteiger partial charge in [-0.15, -0.1) is 0 Å². The molecule has 1 aromatic heterocycles. The van der Waals surface area contributed by atoms with Crippen LogP contribution in [-0.4, -0.2) is 46.7 Å². The Morgan fingerprint density at radius 2 is 2.20 bits per heavy atom. The third kappa shape index (κ3) is 3.45. The summed E-state index contributed by atoms with van der Waals surface area (Å²) in [6.07, 6.45) is 5.14. The zero-order valence-electron chi connectivity index (χ0n) is 12.0. The van der Waals surface area contributed by atoms with E-state index >= 15 is 0 Å². The molecule has 2 heterocycles. The highest BCUT2D eigenvalue weighted by Gasteiger charge is 2.32. The van der Waals surface area contributed by atoms with E-state index in [9.17, 15) is 9.90 Å². The Morgan fingerprint density at radius 3 is 2.85 bits per heavy atom. The van der Waals surface area contributed by atoms with Crippen molar-refractivity contribution in [2.75, 3.05) is 24.6 Å². The minimum absolute atomic E-state index is 0.0171. The highest BCUT2D eigenvalue weighted by molar-refractivity contribution is 5.85. The molecule has 1 atom stereocenters. The van der Waals surface area contributed by atoms with Gasteiger partial charge in [0.1, 0.15) is 6.04 Å². The molecule has 1 unspecified atom stereocenters. The Hall–Kier alpha value is -1.69. The van der Waals surface area contributed by atoms with Crippen LogP contribution in [-0.2, 0) is 4.79 Å². The third-order valence-corrected chi connectivity index (χ3v) is 3.53. The third-order valence-electron chi connectivity index (χ3n) is 3.53. The molecule has 1 aliphatic heterocycles. The minimum Gasteiger partial charge on any atom is -0.396 e. The van der Waals surface area contributed by atoms with E-state index in [-0.39, 0.29) is 24.0 Å². The van der Waals surface area contributed by atoms with E-state index in [1.807, 2.05) is 18.7 Å². The molecule has 1 amide bonds. The number of hydrogen-bond acceptors (Lipinski definition) is 5. The van der Waals surface area contributed by atoms with Gasteiger partial charge in [0.15, 0.2) is 0 Å². The van der Waals surface area contributed by atoms with Gasteiger partial charge in [-0.2, -0.15) is 0 Å². The average molecular weight is 278 g/mol. The molecule has 20 heavy (non-hydrogen) atoms. The lowest BCUT2D eigenvalue weighted by Crippen LogP contribution is -2.47. The van der Waals surface area contributed by atoms with Crippen LogP contribution in [0.15, 0.2) is 18.5 Å². The molecule has 0 radical (unpaired) electrons. The van der Waals surface area contributed by atoms with Crippen molar-refractivity contribution in [3.05, 3.63) is 18.5 Å². The molecule has 6 nitrogen and oxygen atoms in total. The molecule has 110 valence electrons. The van der Waals surface area contributed by atoms with Gasteiger partial charge in [-0.25, -0.2) is 9.97 Å². The maximum absolute atomic E-state index is 12.3. The van der Waals surface area contributed by atoms with Crippen LogP contribution in [0.2, 0.25) is 0 Å². The zero-order valence-corrected chi connectivity index (χ0v) is 12.0. The van der Waals surface area contributed by atoms with E-state index in [0.717, 1.165) is 19.4 Å². The summed E-state index contributed by atoms with van der Waals surface area (Å²) in [6, 6.07) is 1.55. The molecule has 0 bridgehead atoms. The summed E-state index contributed by atoms with van der Waals surface area (Å²) in [6.45, 7) is 5.14. The Kier molecular flexibility index (Phi) is 4.54. The fraction of sp³-hybridized carbons (Fsp3) is 0.643. The summed E-state index contributed by atoms with van der Waals surface area (Å²) in [5.74, 6) is 0.586. The molecule has 1 saturated heterocycles. The van der Waals surface area contributed by atoms with Gasteiger partial charge in [0.2, 0.25) is 11.9 Å². The Morgan fingerprint density at radius 1 is 1.50 bits per heavy atom. The molecule has 0 spiro atoms. The van der Waals surface area contributed by atoms with Crippen LogP contribution < -0.4 is 10.2 Å². The molecule has 0 aliphatic carbocycles. The summed E-state index contributed by atoms with van der Waals surface area (Å²) in [4.78, 5) is 22.7. The maximum Gasteiger partial charge on any atom is 0.242 e. The molecule has 6 heteroatoms. The molecule has 2 N–H and O–H groups in total. The fourth-order valence-electron chi connectivity index (χ4n) is 2.22. The first-order chi connectivity index (χ1) is 9.53. The van der Waals surface area contributed by atoms with Crippen LogP contribution in [0.5, 0.6) is 0 Å². The monoisotopic (exact) mass is 278 g/mol. The Bertz CT molecular complexity index is 450. The van der Waals surface area contributed by atoms with Gasteiger partial charge in [0, 0.05) is 37.5 Å². The van der Waals surface area contributed by atoms with Crippen LogP contribution in [0, 0.1) is 5.41 Å². The van der Waals surface area contributed by atoms with E-state index in [4.69, 9.17) is 0 Å². The molecular weight excluding hydrogens is 256 g/mol. The smallest absolute Gasteiger partial charge is 0.242 e. The van der Waals surface area contributed by atoms with E-state index in [2.05, 4.69) is 15.3 Å².